The van der Waals surface area contributed by atoms with Gasteiger partial charge in [0.15, 0.2) is 0 Å². The van der Waals surface area contributed by atoms with Crippen molar-refractivity contribution in [2.24, 2.45) is 0 Å². The van der Waals surface area contributed by atoms with Crippen molar-refractivity contribution in [2.75, 3.05) is 5.32 Å². The number of benzene rings is 2. The Hall–Kier alpha value is -1.74. The molecular weight excluding hydrogens is 266 g/mol. The van der Waals surface area contributed by atoms with Gasteiger partial charge >= 0.3 is 0 Å². The topological polar surface area (TPSA) is 29.1 Å². The highest BCUT2D eigenvalue weighted by Gasteiger charge is 2.14. The maximum Gasteiger partial charge on any atom is 0.237 e. The Kier molecular flexibility index (Phi) is 5.24. The normalized spacial score (nSPS) is 11.9. The zero-order valence-electron chi connectivity index (χ0n) is 11.8. The van der Waals surface area contributed by atoms with E-state index in [-0.39, 0.29) is 11.2 Å². The summed E-state index contributed by atoms with van der Waals surface area (Å²) in [5.41, 5.74) is 2.13. The molecule has 2 rings (SSSR count). The summed E-state index contributed by atoms with van der Waals surface area (Å²) in [6.07, 6.45) is 1.01. The molecule has 0 radical (unpaired) electrons. The zero-order valence-corrected chi connectivity index (χ0v) is 12.6. The monoisotopic (exact) mass is 285 g/mol. The van der Waals surface area contributed by atoms with Gasteiger partial charge in [0.05, 0.1) is 5.25 Å². The Labute approximate surface area is 124 Å². The van der Waals surface area contributed by atoms with E-state index in [1.165, 1.54) is 5.56 Å². The van der Waals surface area contributed by atoms with Crippen LogP contribution in [0, 0.1) is 0 Å². The lowest BCUT2D eigenvalue weighted by Crippen LogP contribution is -2.22. The molecule has 3 heteroatoms. The maximum atomic E-state index is 12.1. The molecule has 0 aliphatic heterocycles. The largest absolute Gasteiger partial charge is 0.325 e. The lowest BCUT2D eigenvalue weighted by molar-refractivity contribution is -0.115. The predicted octanol–water partition coefficient (Wildman–Crippen LogP) is 4.37. The van der Waals surface area contributed by atoms with Crippen molar-refractivity contribution in [1.82, 2.24) is 0 Å². The van der Waals surface area contributed by atoms with E-state index in [1.807, 2.05) is 61.5 Å². The SMILES string of the molecule is CCc1ccc(NC(=O)[C@H](C)Sc2ccccc2)cc1. The number of thioether (sulfide) groups is 1. The Morgan fingerprint density at radius 1 is 1.10 bits per heavy atom. The summed E-state index contributed by atoms with van der Waals surface area (Å²) in [5, 5.41) is 2.83. The van der Waals surface area contributed by atoms with Crippen molar-refractivity contribution >= 4 is 23.4 Å². The van der Waals surface area contributed by atoms with Gasteiger partial charge in [0.2, 0.25) is 5.91 Å². The van der Waals surface area contributed by atoms with Crippen LogP contribution in [0.2, 0.25) is 0 Å². The molecule has 1 N–H and O–H groups in total. The van der Waals surface area contributed by atoms with Gasteiger partial charge in [-0.3, -0.25) is 4.79 Å². The van der Waals surface area contributed by atoms with Crippen molar-refractivity contribution in [1.29, 1.82) is 0 Å². The number of rotatable bonds is 5. The van der Waals surface area contributed by atoms with Crippen LogP contribution in [-0.2, 0) is 11.2 Å². The molecule has 0 aliphatic carbocycles. The van der Waals surface area contributed by atoms with Gasteiger partial charge in [-0.2, -0.15) is 0 Å². The van der Waals surface area contributed by atoms with Gasteiger partial charge in [0.1, 0.15) is 0 Å². The molecule has 0 bridgehead atoms. The van der Waals surface area contributed by atoms with Crippen molar-refractivity contribution in [3.63, 3.8) is 0 Å². The van der Waals surface area contributed by atoms with E-state index in [2.05, 4.69) is 12.2 Å². The molecule has 2 aromatic rings. The molecule has 2 aromatic carbocycles. The Morgan fingerprint density at radius 3 is 2.35 bits per heavy atom. The molecule has 2 nitrogen and oxygen atoms in total. The van der Waals surface area contributed by atoms with Crippen molar-refractivity contribution < 1.29 is 4.79 Å². The summed E-state index contributed by atoms with van der Waals surface area (Å²) in [6, 6.07) is 18.0. The number of carbonyl (C=O) groups excluding carboxylic acids is 1. The van der Waals surface area contributed by atoms with Gasteiger partial charge in [-0.05, 0) is 43.2 Å². The van der Waals surface area contributed by atoms with E-state index in [9.17, 15) is 4.79 Å². The first kappa shape index (κ1) is 14.7. The standard InChI is InChI=1S/C17H19NOS/c1-3-14-9-11-15(12-10-14)18-17(19)13(2)20-16-7-5-4-6-8-16/h4-13H,3H2,1-2H3,(H,18,19)/t13-/m0/s1. The van der Waals surface area contributed by atoms with Crippen LogP contribution in [0.15, 0.2) is 59.5 Å². The minimum Gasteiger partial charge on any atom is -0.325 e. The fourth-order valence-electron chi connectivity index (χ4n) is 1.82. The summed E-state index contributed by atoms with van der Waals surface area (Å²) < 4.78 is 0. The van der Waals surface area contributed by atoms with Crippen LogP contribution in [0.1, 0.15) is 19.4 Å². The Morgan fingerprint density at radius 2 is 1.75 bits per heavy atom. The summed E-state index contributed by atoms with van der Waals surface area (Å²) in [5.74, 6) is 0.0306. The fraction of sp³-hybridized carbons (Fsp3) is 0.235. The average Bonchev–Trinajstić information content (AvgIpc) is 2.49. The zero-order chi connectivity index (χ0) is 14.4. The second-order valence-corrected chi connectivity index (χ2v) is 6.03. The lowest BCUT2D eigenvalue weighted by atomic mass is 10.1. The number of aryl methyl sites for hydroxylation is 1. The number of nitrogens with one attached hydrogen (secondary N) is 1. The first-order valence-corrected chi connectivity index (χ1v) is 7.68. The van der Waals surface area contributed by atoms with E-state index < -0.39 is 0 Å². The summed E-state index contributed by atoms with van der Waals surface area (Å²) in [4.78, 5) is 13.2. The first-order chi connectivity index (χ1) is 9.69. The van der Waals surface area contributed by atoms with E-state index in [1.54, 1.807) is 11.8 Å². The number of anilines is 1. The highest BCUT2D eigenvalue weighted by molar-refractivity contribution is 8.00. The number of carbonyl (C=O) groups is 1. The van der Waals surface area contributed by atoms with Crippen LogP contribution >= 0.6 is 11.8 Å². The lowest BCUT2D eigenvalue weighted by Gasteiger charge is -2.12. The minimum atomic E-state index is -0.122. The average molecular weight is 285 g/mol. The molecule has 1 atom stereocenters. The number of hydrogen-bond acceptors (Lipinski definition) is 2. The van der Waals surface area contributed by atoms with E-state index in [0.717, 1.165) is 17.0 Å². The Balaban J connectivity index is 1.93. The smallest absolute Gasteiger partial charge is 0.237 e. The molecule has 0 aromatic heterocycles. The molecule has 1 amide bonds. The quantitative estimate of drug-likeness (QED) is 0.827. The molecule has 0 unspecified atom stereocenters. The van der Waals surface area contributed by atoms with Crippen LogP contribution < -0.4 is 5.32 Å². The summed E-state index contributed by atoms with van der Waals surface area (Å²) in [7, 11) is 0. The fourth-order valence-corrected chi connectivity index (χ4v) is 2.71. The minimum absolute atomic E-state index is 0.0306. The third-order valence-corrected chi connectivity index (χ3v) is 4.17. The van der Waals surface area contributed by atoms with Crippen molar-refractivity contribution in [2.45, 2.75) is 30.4 Å². The third kappa shape index (κ3) is 4.14. The van der Waals surface area contributed by atoms with E-state index in [0.29, 0.717) is 0 Å². The second kappa shape index (κ2) is 7.15. The van der Waals surface area contributed by atoms with Crippen molar-refractivity contribution in [3.05, 3.63) is 60.2 Å². The molecule has 0 saturated carbocycles. The maximum absolute atomic E-state index is 12.1. The van der Waals surface area contributed by atoms with Crippen LogP contribution in [0.5, 0.6) is 0 Å². The molecule has 0 heterocycles. The van der Waals surface area contributed by atoms with E-state index >= 15 is 0 Å². The summed E-state index contributed by atoms with van der Waals surface area (Å²) in [6.45, 7) is 4.04. The Bertz CT molecular complexity index is 551. The molecule has 20 heavy (non-hydrogen) atoms. The predicted molar refractivity (Wildman–Crippen MR) is 86.2 cm³/mol. The highest BCUT2D eigenvalue weighted by Crippen LogP contribution is 2.23. The molecule has 0 aliphatic rings. The number of hydrogen-bond donors (Lipinski definition) is 1. The van der Waals surface area contributed by atoms with Gasteiger partial charge in [0, 0.05) is 10.6 Å². The first-order valence-electron chi connectivity index (χ1n) is 6.80. The van der Waals surface area contributed by atoms with Crippen LogP contribution in [0.4, 0.5) is 5.69 Å². The molecule has 0 fully saturated rings. The summed E-state index contributed by atoms with van der Waals surface area (Å²) >= 11 is 1.57. The van der Waals surface area contributed by atoms with Gasteiger partial charge in [0.25, 0.3) is 0 Å². The van der Waals surface area contributed by atoms with Crippen molar-refractivity contribution in [3.8, 4) is 0 Å². The van der Waals surface area contributed by atoms with Gasteiger partial charge in [-0.1, -0.05) is 37.3 Å². The highest BCUT2D eigenvalue weighted by atomic mass is 32.2. The molecule has 0 saturated heterocycles. The third-order valence-electron chi connectivity index (χ3n) is 3.06. The molecule has 104 valence electrons. The van der Waals surface area contributed by atoms with Gasteiger partial charge in [-0.15, -0.1) is 11.8 Å². The molecular formula is C17H19NOS. The van der Waals surface area contributed by atoms with Crippen LogP contribution in [0.25, 0.3) is 0 Å². The van der Waals surface area contributed by atoms with Gasteiger partial charge < -0.3 is 5.32 Å². The van der Waals surface area contributed by atoms with Gasteiger partial charge in [-0.25, -0.2) is 0 Å². The van der Waals surface area contributed by atoms with E-state index in [4.69, 9.17) is 0 Å². The molecule has 0 spiro atoms. The van der Waals surface area contributed by atoms with Crippen LogP contribution in [0.3, 0.4) is 0 Å². The second-order valence-electron chi connectivity index (χ2n) is 4.61. The number of amides is 1. The van der Waals surface area contributed by atoms with Crippen LogP contribution in [-0.4, -0.2) is 11.2 Å².